The molecule has 2 aliphatic heterocycles. The van der Waals surface area contributed by atoms with Crippen LogP contribution >= 0.6 is 0 Å². The van der Waals surface area contributed by atoms with Crippen LogP contribution in [0.3, 0.4) is 0 Å². The quantitative estimate of drug-likeness (QED) is 0.490. The van der Waals surface area contributed by atoms with Crippen LogP contribution in [0.1, 0.15) is 55.8 Å². The maximum absolute atomic E-state index is 12.5. The van der Waals surface area contributed by atoms with E-state index in [-0.39, 0.29) is 28.9 Å². The monoisotopic (exact) mass is 517 g/mol. The van der Waals surface area contributed by atoms with Crippen molar-refractivity contribution in [3.8, 4) is 11.5 Å². The second-order valence-electron chi connectivity index (χ2n) is 10.9. The van der Waals surface area contributed by atoms with E-state index in [0.717, 1.165) is 43.0 Å². The summed E-state index contributed by atoms with van der Waals surface area (Å²) in [4.78, 5) is 2.65. The van der Waals surface area contributed by atoms with Crippen molar-refractivity contribution in [3.05, 3.63) is 53.1 Å². The first-order chi connectivity index (χ1) is 17.0. The molecule has 0 bridgehead atoms. The molecule has 8 heteroatoms. The van der Waals surface area contributed by atoms with Crippen LogP contribution < -0.4 is 9.47 Å². The lowest BCUT2D eigenvalue weighted by Crippen LogP contribution is -2.49. The summed E-state index contributed by atoms with van der Waals surface area (Å²) in [6, 6.07) is 11.0. The third-order valence-corrected chi connectivity index (χ3v) is 9.06. The molecule has 1 N–H and O–H groups in total. The van der Waals surface area contributed by atoms with Crippen LogP contribution in [0.25, 0.3) is 0 Å². The molecule has 2 aliphatic rings. The summed E-state index contributed by atoms with van der Waals surface area (Å²) in [6.45, 7) is 8.03. The van der Waals surface area contributed by atoms with Crippen molar-refractivity contribution in [1.29, 1.82) is 0 Å². The zero-order valence-corrected chi connectivity index (χ0v) is 22.8. The zero-order chi connectivity index (χ0) is 26.1. The number of benzene rings is 2. The van der Waals surface area contributed by atoms with Crippen LogP contribution in [0.2, 0.25) is 0 Å². The van der Waals surface area contributed by atoms with Gasteiger partial charge in [-0.15, -0.1) is 0 Å². The number of hydrogen-bond acceptors (Lipinski definition) is 7. The number of nitrogens with zero attached hydrogens (tertiary/aromatic N) is 1. The second kappa shape index (κ2) is 10.7. The summed E-state index contributed by atoms with van der Waals surface area (Å²) in [5, 5.41) is 11.1. The normalized spacial score (nSPS) is 22.6. The first-order valence-electron chi connectivity index (χ1n) is 12.7. The van der Waals surface area contributed by atoms with Crippen LogP contribution in [0.15, 0.2) is 41.3 Å². The summed E-state index contributed by atoms with van der Waals surface area (Å²) < 4.78 is 41.4. The Kier molecular flexibility index (Phi) is 8.00. The molecule has 0 amide bonds. The summed E-state index contributed by atoms with van der Waals surface area (Å²) in [6.07, 6.45) is 2.56. The van der Waals surface area contributed by atoms with Crippen molar-refractivity contribution in [2.45, 2.75) is 63.5 Å². The van der Waals surface area contributed by atoms with E-state index in [1.54, 1.807) is 38.5 Å². The molecule has 198 valence electrons. The summed E-state index contributed by atoms with van der Waals surface area (Å²) in [7, 11) is -0.476. The maximum Gasteiger partial charge on any atom is 0.296 e. The maximum atomic E-state index is 12.5. The smallest absolute Gasteiger partial charge is 0.296 e. The Morgan fingerprint density at radius 1 is 1.08 bits per heavy atom. The van der Waals surface area contributed by atoms with E-state index < -0.39 is 16.2 Å². The molecule has 0 spiro atoms. The molecule has 0 unspecified atom stereocenters. The Morgan fingerprint density at radius 3 is 2.42 bits per heavy atom. The minimum Gasteiger partial charge on any atom is -0.493 e. The van der Waals surface area contributed by atoms with Gasteiger partial charge in [0.25, 0.3) is 10.1 Å². The molecule has 0 saturated carbocycles. The van der Waals surface area contributed by atoms with Crippen LogP contribution in [0.4, 0.5) is 0 Å². The number of piperidine rings is 1. The number of ether oxygens (including phenoxy) is 2. The molecule has 0 aliphatic carbocycles. The predicted octanol–water partition coefficient (Wildman–Crippen LogP) is 4.50. The van der Waals surface area contributed by atoms with E-state index in [1.165, 1.54) is 11.1 Å². The molecule has 2 heterocycles. The van der Waals surface area contributed by atoms with Gasteiger partial charge in [-0.05, 0) is 79.3 Å². The van der Waals surface area contributed by atoms with Crippen LogP contribution in [0, 0.1) is 18.3 Å². The first-order valence-corrected chi connectivity index (χ1v) is 14.1. The van der Waals surface area contributed by atoms with Gasteiger partial charge >= 0.3 is 0 Å². The van der Waals surface area contributed by atoms with E-state index in [0.29, 0.717) is 12.8 Å². The molecular formula is C28H39NO6S. The Balaban J connectivity index is 1.37. The van der Waals surface area contributed by atoms with Gasteiger partial charge in [0, 0.05) is 19.1 Å². The molecule has 4 rings (SSSR count). The summed E-state index contributed by atoms with van der Waals surface area (Å²) in [5.74, 6) is 1.58. The van der Waals surface area contributed by atoms with Crippen LogP contribution in [-0.2, 0) is 20.7 Å². The molecule has 2 aromatic rings. The minimum atomic E-state index is -3.78. The van der Waals surface area contributed by atoms with Gasteiger partial charge in [-0.1, -0.05) is 31.5 Å². The fraction of sp³-hybridized carbons (Fsp3) is 0.571. The van der Waals surface area contributed by atoms with Crippen molar-refractivity contribution in [2.24, 2.45) is 11.3 Å². The summed E-state index contributed by atoms with van der Waals surface area (Å²) in [5.41, 5.74) is 3.29. The minimum absolute atomic E-state index is 0.117. The van der Waals surface area contributed by atoms with Gasteiger partial charge in [0.1, 0.15) is 0 Å². The number of aryl methyl sites for hydroxylation is 1. The molecule has 36 heavy (non-hydrogen) atoms. The van der Waals surface area contributed by atoms with Gasteiger partial charge in [-0.2, -0.15) is 8.42 Å². The van der Waals surface area contributed by atoms with Crippen LogP contribution in [0.5, 0.6) is 11.5 Å². The van der Waals surface area contributed by atoms with Gasteiger partial charge in [-0.3, -0.25) is 9.08 Å². The Labute approximate surface area is 215 Å². The molecule has 0 aromatic heterocycles. The summed E-state index contributed by atoms with van der Waals surface area (Å²) >= 11 is 0. The second-order valence-corrected chi connectivity index (χ2v) is 12.6. The highest BCUT2D eigenvalue weighted by Crippen LogP contribution is 2.45. The highest BCUT2D eigenvalue weighted by Gasteiger charge is 2.40. The molecule has 1 saturated heterocycles. The number of aliphatic hydroxyl groups is 1. The largest absolute Gasteiger partial charge is 0.493 e. The Morgan fingerprint density at radius 2 is 1.75 bits per heavy atom. The van der Waals surface area contributed by atoms with Gasteiger partial charge in [0.05, 0.1) is 31.8 Å². The fourth-order valence-electron chi connectivity index (χ4n) is 5.63. The Hall–Kier alpha value is -2.13. The van der Waals surface area contributed by atoms with Gasteiger partial charge in [-0.25, -0.2) is 0 Å². The van der Waals surface area contributed by atoms with Crippen molar-refractivity contribution < 1.29 is 27.2 Å². The van der Waals surface area contributed by atoms with Crippen molar-refractivity contribution >= 4 is 10.1 Å². The SMILES string of the molecule is COc1cc2c(cc1OC)[C@H]1C[C@@H](O)[C@H](CC(C)(C)CCOS(=O)(=O)c3ccc(C)cc3)CN1CC2. The fourth-order valence-corrected chi connectivity index (χ4v) is 6.54. The lowest BCUT2D eigenvalue weighted by Gasteiger charge is -2.47. The van der Waals surface area contributed by atoms with E-state index in [1.807, 2.05) is 6.92 Å². The molecule has 1 fully saturated rings. The highest BCUT2D eigenvalue weighted by molar-refractivity contribution is 7.86. The van der Waals surface area contributed by atoms with E-state index >= 15 is 0 Å². The molecule has 2 aromatic carbocycles. The van der Waals surface area contributed by atoms with E-state index in [9.17, 15) is 13.5 Å². The number of rotatable bonds is 9. The number of aliphatic hydroxyl groups excluding tert-OH is 1. The lowest BCUT2D eigenvalue weighted by molar-refractivity contribution is -0.0292. The third-order valence-electron chi connectivity index (χ3n) is 7.73. The Bertz CT molecular complexity index is 1160. The lowest BCUT2D eigenvalue weighted by atomic mass is 9.74. The number of methoxy groups -OCH3 is 2. The molecular weight excluding hydrogens is 478 g/mol. The average Bonchev–Trinajstić information content (AvgIpc) is 2.83. The predicted molar refractivity (Wildman–Crippen MR) is 139 cm³/mol. The standard InChI is InChI=1S/C28H39NO6S/c1-19-6-8-22(9-7-19)36(31,32)35-13-11-28(2,3)17-21-18-29-12-10-20-14-26(33-4)27(34-5)15-23(20)24(29)16-25(21)30/h6-9,14-15,21,24-25,30H,10-13,16-18H2,1-5H3/t21-,24-,25-/m1/s1. The van der Waals surface area contributed by atoms with E-state index in [2.05, 4.69) is 30.9 Å². The van der Waals surface area contributed by atoms with Crippen molar-refractivity contribution in [2.75, 3.05) is 33.9 Å². The average molecular weight is 518 g/mol. The topological polar surface area (TPSA) is 85.3 Å². The zero-order valence-electron chi connectivity index (χ0n) is 22.0. The van der Waals surface area contributed by atoms with Crippen molar-refractivity contribution in [1.82, 2.24) is 4.90 Å². The third kappa shape index (κ3) is 5.88. The van der Waals surface area contributed by atoms with E-state index in [4.69, 9.17) is 13.7 Å². The van der Waals surface area contributed by atoms with Gasteiger partial charge < -0.3 is 14.6 Å². The molecule has 0 radical (unpaired) electrons. The molecule has 7 nitrogen and oxygen atoms in total. The van der Waals surface area contributed by atoms with Gasteiger partial charge in [0.15, 0.2) is 11.5 Å². The number of fused-ring (bicyclic) bond motifs is 3. The number of hydrogen-bond donors (Lipinski definition) is 1. The van der Waals surface area contributed by atoms with Gasteiger partial charge in [0.2, 0.25) is 0 Å². The van der Waals surface area contributed by atoms with Crippen LogP contribution in [-0.4, -0.2) is 58.4 Å². The molecule has 3 atom stereocenters. The van der Waals surface area contributed by atoms with Crippen molar-refractivity contribution in [3.63, 3.8) is 0 Å². The highest BCUT2D eigenvalue weighted by atomic mass is 32.2. The first kappa shape index (κ1) is 26.9.